The van der Waals surface area contributed by atoms with Gasteiger partial charge in [0, 0.05) is 12.5 Å². The fourth-order valence-corrected chi connectivity index (χ4v) is 9.55. The van der Waals surface area contributed by atoms with Gasteiger partial charge in [0.25, 0.3) is 8.32 Å². The van der Waals surface area contributed by atoms with E-state index in [1.807, 2.05) is 36.4 Å². The fraction of sp³-hybridized carbons (Fsp3) is 0.417. The Labute approximate surface area is 194 Å². The molecule has 0 saturated heterocycles. The standard InChI is InChI=1S/C24H29F3O4SSi/c1-23(2,3)33(20-12-6-4-7-13-20,21-14-8-5-9-15-21)30-18-17-19-11-10-16-22(19)31-32(28,29)24(25,26)27/h4-9,12-16,19H,10-11,17-18H2,1-3H3. The van der Waals surface area contributed by atoms with Gasteiger partial charge in [-0.15, -0.1) is 0 Å². The van der Waals surface area contributed by atoms with E-state index in [9.17, 15) is 21.6 Å². The predicted molar refractivity (Wildman–Crippen MR) is 125 cm³/mol. The van der Waals surface area contributed by atoms with Gasteiger partial charge in [0.05, 0.1) is 0 Å². The van der Waals surface area contributed by atoms with Gasteiger partial charge in [-0.3, -0.25) is 0 Å². The van der Waals surface area contributed by atoms with Crippen LogP contribution in [-0.4, -0.2) is 28.9 Å². The number of halogens is 3. The van der Waals surface area contributed by atoms with Crippen LogP contribution in [0.15, 0.2) is 72.5 Å². The zero-order chi connectivity index (χ0) is 24.3. The number of hydrogen-bond donors (Lipinski definition) is 0. The van der Waals surface area contributed by atoms with Crippen LogP contribution in [0.5, 0.6) is 0 Å². The zero-order valence-electron chi connectivity index (χ0n) is 18.9. The summed E-state index contributed by atoms with van der Waals surface area (Å²) in [7, 11) is -8.46. The summed E-state index contributed by atoms with van der Waals surface area (Å²) < 4.78 is 72.5. The van der Waals surface area contributed by atoms with Crippen LogP contribution < -0.4 is 10.4 Å². The van der Waals surface area contributed by atoms with Crippen LogP contribution in [0.3, 0.4) is 0 Å². The van der Waals surface area contributed by atoms with Gasteiger partial charge in [-0.2, -0.15) is 21.6 Å². The van der Waals surface area contributed by atoms with Crippen LogP contribution in [-0.2, 0) is 18.7 Å². The van der Waals surface area contributed by atoms with Gasteiger partial charge in [-0.1, -0.05) is 81.4 Å². The van der Waals surface area contributed by atoms with Gasteiger partial charge < -0.3 is 8.61 Å². The molecule has 0 N–H and O–H groups in total. The van der Waals surface area contributed by atoms with E-state index in [-0.39, 0.29) is 17.4 Å². The minimum Gasteiger partial charge on any atom is -0.407 e. The van der Waals surface area contributed by atoms with Crippen LogP contribution in [0.2, 0.25) is 5.04 Å². The Kier molecular flexibility index (Phi) is 7.45. The maximum absolute atomic E-state index is 12.8. The van der Waals surface area contributed by atoms with E-state index in [1.165, 1.54) is 6.08 Å². The van der Waals surface area contributed by atoms with Crippen molar-refractivity contribution in [3.63, 3.8) is 0 Å². The lowest BCUT2D eigenvalue weighted by molar-refractivity contribution is -0.0526. The number of alkyl halides is 3. The summed E-state index contributed by atoms with van der Waals surface area (Å²) in [6.07, 6.45) is 2.78. The monoisotopic (exact) mass is 498 g/mol. The fourth-order valence-electron chi connectivity index (χ4n) is 4.41. The molecule has 9 heteroatoms. The molecule has 1 atom stereocenters. The molecule has 180 valence electrons. The number of allylic oxidation sites excluding steroid dienone is 2. The minimum absolute atomic E-state index is 0.140. The summed E-state index contributed by atoms with van der Waals surface area (Å²) in [6, 6.07) is 20.0. The van der Waals surface area contributed by atoms with Crippen molar-refractivity contribution in [1.82, 2.24) is 0 Å². The van der Waals surface area contributed by atoms with E-state index in [1.54, 1.807) is 0 Å². The van der Waals surface area contributed by atoms with E-state index in [0.29, 0.717) is 19.3 Å². The second kappa shape index (κ2) is 9.64. The Morgan fingerprint density at radius 2 is 1.45 bits per heavy atom. The van der Waals surface area contributed by atoms with Crippen LogP contribution in [0.25, 0.3) is 0 Å². The molecule has 0 heterocycles. The molecule has 0 aromatic heterocycles. The molecule has 0 saturated carbocycles. The van der Waals surface area contributed by atoms with E-state index < -0.39 is 29.9 Å². The Morgan fingerprint density at radius 1 is 0.939 bits per heavy atom. The molecule has 1 aliphatic carbocycles. The maximum atomic E-state index is 12.8. The quantitative estimate of drug-likeness (QED) is 0.288. The lowest BCUT2D eigenvalue weighted by Gasteiger charge is -2.43. The summed E-state index contributed by atoms with van der Waals surface area (Å²) in [5.41, 5.74) is -5.45. The Hall–Kier alpha value is -2.10. The maximum Gasteiger partial charge on any atom is 0.534 e. The molecule has 1 aliphatic rings. The number of hydrogen-bond acceptors (Lipinski definition) is 4. The topological polar surface area (TPSA) is 52.6 Å². The van der Waals surface area contributed by atoms with Gasteiger partial charge in [0.15, 0.2) is 0 Å². The van der Waals surface area contributed by atoms with E-state index >= 15 is 0 Å². The van der Waals surface area contributed by atoms with Gasteiger partial charge in [0.1, 0.15) is 5.76 Å². The van der Waals surface area contributed by atoms with Crippen LogP contribution in [0, 0.1) is 5.92 Å². The number of rotatable bonds is 8. The van der Waals surface area contributed by atoms with Crippen molar-refractivity contribution < 1.29 is 30.2 Å². The number of benzene rings is 2. The smallest absolute Gasteiger partial charge is 0.407 e. The third kappa shape index (κ3) is 5.36. The van der Waals surface area contributed by atoms with Gasteiger partial charge in [0.2, 0.25) is 0 Å². The van der Waals surface area contributed by atoms with Crippen molar-refractivity contribution in [3.8, 4) is 0 Å². The molecule has 0 aliphatic heterocycles. The van der Waals surface area contributed by atoms with E-state index in [0.717, 1.165) is 10.4 Å². The van der Waals surface area contributed by atoms with Gasteiger partial charge in [-0.05, 0) is 40.8 Å². The van der Waals surface area contributed by atoms with Crippen LogP contribution in [0.1, 0.15) is 40.0 Å². The van der Waals surface area contributed by atoms with E-state index in [4.69, 9.17) is 4.43 Å². The second-order valence-electron chi connectivity index (χ2n) is 9.16. The molecule has 3 rings (SSSR count). The first-order chi connectivity index (χ1) is 15.4. The molecule has 1 unspecified atom stereocenters. The van der Waals surface area contributed by atoms with Crippen molar-refractivity contribution in [2.45, 2.75) is 50.6 Å². The highest BCUT2D eigenvalue weighted by Gasteiger charge is 2.51. The molecule has 4 nitrogen and oxygen atoms in total. The molecule has 0 spiro atoms. The van der Waals surface area contributed by atoms with Crippen molar-refractivity contribution in [2.24, 2.45) is 5.92 Å². The molecule has 2 aromatic rings. The summed E-state index contributed by atoms with van der Waals surface area (Å²) >= 11 is 0. The van der Waals surface area contributed by atoms with E-state index in [2.05, 4.69) is 49.2 Å². The lowest BCUT2D eigenvalue weighted by atomic mass is 10.1. The highest BCUT2D eigenvalue weighted by atomic mass is 32.2. The minimum atomic E-state index is -5.68. The SMILES string of the molecule is CC(C)(C)[Si](OCCC1CCC=C1OS(=O)(=O)C(F)(F)F)(c1ccccc1)c1ccccc1. The molecule has 2 aromatic carbocycles. The molecule has 33 heavy (non-hydrogen) atoms. The molecule has 0 radical (unpaired) electrons. The van der Waals surface area contributed by atoms with Crippen molar-refractivity contribution in [1.29, 1.82) is 0 Å². The van der Waals surface area contributed by atoms with Crippen molar-refractivity contribution in [2.75, 3.05) is 6.61 Å². The van der Waals surface area contributed by atoms with Gasteiger partial charge in [-0.25, -0.2) is 0 Å². The lowest BCUT2D eigenvalue weighted by Crippen LogP contribution is -2.66. The largest absolute Gasteiger partial charge is 0.534 e. The van der Waals surface area contributed by atoms with Crippen LogP contribution >= 0.6 is 0 Å². The van der Waals surface area contributed by atoms with Crippen molar-refractivity contribution in [3.05, 3.63) is 72.5 Å². The second-order valence-corrected chi connectivity index (χ2v) is 15.0. The Bertz CT molecular complexity index is 1020. The predicted octanol–water partition coefficient (Wildman–Crippen LogP) is 5.11. The molecule has 0 fully saturated rings. The Balaban J connectivity index is 1.85. The molecule has 0 amide bonds. The van der Waals surface area contributed by atoms with Gasteiger partial charge >= 0.3 is 15.6 Å². The first-order valence-electron chi connectivity index (χ1n) is 10.8. The highest BCUT2D eigenvalue weighted by molar-refractivity contribution is 7.87. The summed E-state index contributed by atoms with van der Waals surface area (Å²) in [5, 5.41) is 1.96. The first kappa shape index (κ1) is 25.5. The summed E-state index contributed by atoms with van der Waals surface area (Å²) in [4.78, 5) is 0. The van der Waals surface area contributed by atoms with Crippen molar-refractivity contribution >= 4 is 28.8 Å². The summed E-state index contributed by atoms with van der Waals surface area (Å²) in [6.45, 7) is 6.68. The zero-order valence-corrected chi connectivity index (χ0v) is 20.7. The summed E-state index contributed by atoms with van der Waals surface area (Å²) in [5.74, 6) is -0.585. The van der Waals surface area contributed by atoms with Crippen LogP contribution in [0.4, 0.5) is 13.2 Å². The average molecular weight is 499 g/mol. The molecular formula is C24H29F3O4SSi. The third-order valence-electron chi connectivity index (χ3n) is 5.95. The average Bonchev–Trinajstić information content (AvgIpc) is 3.17. The first-order valence-corrected chi connectivity index (χ1v) is 14.2. The normalized spacial score (nSPS) is 17.6. The Morgan fingerprint density at radius 3 is 1.91 bits per heavy atom. The highest BCUT2D eigenvalue weighted by Crippen LogP contribution is 2.38. The third-order valence-corrected chi connectivity index (χ3v) is 12.0. The molecule has 0 bridgehead atoms. The molecular weight excluding hydrogens is 469 g/mol.